The normalized spacial score (nSPS) is 12.4. The number of rotatable bonds is 7. The predicted molar refractivity (Wildman–Crippen MR) is 93.8 cm³/mol. The first-order valence-electron chi connectivity index (χ1n) is 7.72. The van der Waals surface area contributed by atoms with Crippen molar-refractivity contribution in [3.05, 3.63) is 60.2 Å². The number of sulfone groups is 1. The quantitative estimate of drug-likeness (QED) is 0.835. The van der Waals surface area contributed by atoms with Crippen LogP contribution in [0.2, 0.25) is 0 Å². The number of ether oxygens (including phenoxy) is 1. The van der Waals surface area contributed by atoms with Crippen molar-refractivity contribution in [2.24, 2.45) is 0 Å². The van der Waals surface area contributed by atoms with Crippen LogP contribution in [0.25, 0.3) is 0 Å². The van der Waals surface area contributed by atoms with Crippen molar-refractivity contribution in [1.29, 1.82) is 0 Å². The van der Waals surface area contributed by atoms with E-state index in [2.05, 4.69) is 5.32 Å². The molecule has 0 saturated carbocycles. The van der Waals surface area contributed by atoms with E-state index >= 15 is 0 Å². The highest BCUT2D eigenvalue weighted by Gasteiger charge is 2.16. The lowest BCUT2D eigenvalue weighted by Gasteiger charge is -2.15. The highest BCUT2D eigenvalue weighted by Crippen LogP contribution is 2.23. The number of nitrogens with one attached hydrogen (secondary N) is 1. The Morgan fingerprint density at radius 2 is 1.62 bits per heavy atom. The Morgan fingerprint density at radius 3 is 2.21 bits per heavy atom. The van der Waals surface area contributed by atoms with Crippen LogP contribution in [0, 0.1) is 0 Å². The van der Waals surface area contributed by atoms with Crippen molar-refractivity contribution in [3.63, 3.8) is 0 Å². The zero-order valence-electron chi connectivity index (χ0n) is 13.7. The first kappa shape index (κ1) is 18.0. The molecule has 0 saturated heterocycles. The van der Waals surface area contributed by atoms with Crippen LogP contribution in [0.5, 0.6) is 11.5 Å². The highest BCUT2D eigenvalue weighted by molar-refractivity contribution is 7.92. The molecule has 0 aromatic heterocycles. The Morgan fingerprint density at radius 1 is 1.04 bits per heavy atom. The Balaban J connectivity index is 1.96. The maximum Gasteiger partial charge on any atom is 0.235 e. The van der Waals surface area contributed by atoms with Gasteiger partial charge in [-0.3, -0.25) is 4.79 Å². The molecule has 1 N–H and O–H groups in total. The lowest BCUT2D eigenvalue weighted by atomic mass is 10.1. The fourth-order valence-corrected chi connectivity index (χ4v) is 2.80. The molecular formula is C18H21NO4S. The van der Waals surface area contributed by atoms with Crippen LogP contribution in [0.15, 0.2) is 54.6 Å². The zero-order chi connectivity index (χ0) is 17.6. The minimum atomic E-state index is -3.32. The van der Waals surface area contributed by atoms with Crippen molar-refractivity contribution in [2.45, 2.75) is 19.9 Å². The summed E-state index contributed by atoms with van der Waals surface area (Å²) < 4.78 is 28.6. The molecule has 1 atom stereocenters. The largest absolute Gasteiger partial charge is 0.457 e. The third-order valence-corrected chi connectivity index (χ3v) is 5.11. The second-order valence-electron chi connectivity index (χ2n) is 5.45. The number of hydrogen-bond donors (Lipinski definition) is 1. The number of para-hydroxylation sites is 1. The number of carbonyl (C=O) groups excluding carboxylic acids is 1. The highest BCUT2D eigenvalue weighted by atomic mass is 32.2. The van der Waals surface area contributed by atoms with E-state index in [1.54, 1.807) is 0 Å². The summed E-state index contributed by atoms with van der Waals surface area (Å²) in [5.41, 5.74) is 0.873. The predicted octanol–water partition coefficient (Wildman–Crippen LogP) is 3.09. The topological polar surface area (TPSA) is 72.5 Å². The number of hydrogen-bond acceptors (Lipinski definition) is 4. The molecule has 0 bridgehead atoms. The van der Waals surface area contributed by atoms with E-state index in [-0.39, 0.29) is 11.8 Å². The van der Waals surface area contributed by atoms with E-state index in [0.29, 0.717) is 5.75 Å². The molecule has 0 aliphatic rings. The molecular weight excluding hydrogens is 326 g/mol. The van der Waals surface area contributed by atoms with Crippen molar-refractivity contribution in [1.82, 2.24) is 5.32 Å². The second kappa shape index (κ2) is 7.97. The zero-order valence-corrected chi connectivity index (χ0v) is 14.5. The molecule has 2 aromatic rings. The molecule has 0 aliphatic heterocycles. The SMILES string of the molecule is CCS(=O)(=O)CC(=O)NC(C)c1ccc(Oc2ccccc2)cc1. The second-order valence-corrected chi connectivity index (χ2v) is 7.80. The molecule has 2 aromatic carbocycles. The van der Waals surface area contributed by atoms with E-state index in [4.69, 9.17) is 4.74 Å². The van der Waals surface area contributed by atoms with Gasteiger partial charge in [-0.05, 0) is 36.8 Å². The standard InChI is InChI=1S/C18H21NO4S/c1-3-24(21,22)13-18(20)19-14(2)15-9-11-17(12-10-15)23-16-7-5-4-6-8-16/h4-12,14H,3,13H2,1-2H3,(H,19,20). The van der Waals surface area contributed by atoms with Crippen LogP contribution in [0.1, 0.15) is 25.5 Å². The van der Waals surface area contributed by atoms with Crippen LogP contribution in [0.4, 0.5) is 0 Å². The van der Waals surface area contributed by atoms with Crippen LogP contribution < -0.4 is 10.1 Å². The van der Waals surface area contributed by atoms with Crippen LogP contribution in [-0.2, 0) is 14.6 Å². The van der Waals surface area contributed by atoms with Gasteiger partial charge in [-0.15, -0.1) is 0 Å². The number of benzene rings is 2. The number of amides is 1. The molecule has 5 nitrogen and oxygen atoms in total. The molecule has 6 heteroatoms. The van der Waals surface area contributed by atoms with Crippen LogP contribution in [-0.4, -0.2) is 25.8 Å². The van der Waals surface area contributed by atoms with E-state index < -0.39 is 21.5 Å². The summed E-state index contributed by atoms with van der Waals surface area (Å²) in [4.78, 5) is 11.8. The van der Waals surface area contributed by atoms with Crippen LogP contribution in [0.3, 0.4) is 0 Å². The van der Waals surface area contributed by atoms with Gasteiger partial charge in [0, 0.05) is 5.75 Å². The molecule has 0 radical (unpaired) electrons. The number of carbonyl (C=O) groups is 1. The summed E-state index contributed by atoms with van der Waals surface area (Å²) >= 11 is 0. The van der Waals surface area contributed by atoms with Crippen molar-refractivity contribution in [3.8, 4) is 11.5 Å². The van der Waals surface area contributed by atoms with E-state index in [1.807, 2.05) is 61.5 Å². The monoisotopic (exact) mass is 347 g/mol. The Labute approximate surface area is 142 Å². The first-order chi connectivity index (χ1) is 11.4. The third-order valence-electron chi connectivity index (χ3n) is 3.53. The van der Waals surface area contributed by atoms with Crippen molar-refractivity contribution in [2.75, 3.05) is 11.5 Å². The van der Waals surface area contributed by atoms with Gasteiger partial charge >= 0.3 is 0 Å². The molecule has 0 fully saturated rings. The van der Waals surface area contributed by atoms with Gasteiger partial charge in [-0.1, -0.05) is 37.3 Å². The lowest BCUT2D eigenvalue weighted by molar-refractivity contribution is -0.119. The van der Waals surface area contributed by atoms with Gasteiger partial charge in [-0.2, -0.15) is 0 Å². The van der Waals surface area contributed by atoms with Gasteiger partial charge < -0.3 is 10.1 Å². The minimum absolute atomic E-state index is 0.0413. The molecule has 0 aliphatic carbocycles. The maximum absolute atomic E-state index is 11.8. The Hall–Kier alpha value is -2.34. The molecule has 0 heterocycles. The summed E-state index contributed by atoms with van der Waals surface area (Å²) in [6, 6.07) is 16.5. The molecule has 128 valence electrons. The Kier molecular flexibility index (Phi) is 5.98. The fraction of sp³-hybridized carbons (Fsp3) is 0.278. The van der Waals surface area contributed by atoms with Gasteiger partial charge in [-0.25, -0.2) is 8.42 Å². The average Bonchev–Trinajstić information content (AvgIpc) is 2.56. The smallest absolute Gasteiger partial charge is 0.235 e. The van der Waals surface area contributed by atoms with E-state index in [9.17, 15) is 13.2 Å². The van der Waals surface area contributed by atoms with Crippen molar-refractivity contribution >= 4 is 15.7 Å². The van der Waals surface area contributed by atoms with E-state index in [1.165, 1.54) is 6.92 Å². The molecule has 0 spiro atoms. The molecule has 24 heavy (non-hydrogen) atoms. The maximum atomic E-state index is 11.8. The summed E-state index contributed by atoms with van der Waals surface area (Å²) in [6.07, 6.45) is 0. The summed E-state index contributed by atoms with van der Waals surface area (Å²) in [6.45, 7) is 3.33. The average molecular weight is 347 g/mol. The molecule has 1 amide bonds. The fourth-order valence-electron chi connectivity index (χ4n) is 2.12. The van der Waals surface area contributed by atoms with Crippen LogP contribution >= 0.6 is 0 Å². The summed E-state index contributed by atoms with van der Waals surface area (Å²) in [7, 11) is -3.32. The molecule has 1 unspecified atom stereocenters. The summed E-state index contributed by atoms with van der Waals surface area (Å²) in [5, 5.41) is 2.70. The third kappa shape index (κ3) is 5.38. The first-order valence-corrected chi connectivity index (χ1v) is 9.54. The van der Waals surface area contributed by atoms with Gasteiger partial charge in [0.25, 0.3) is 0 Å². The van der Waals surface area contributed by atoms with Crippen molar-refractivity contribution < 1.29 is 17.9 Å². The van der Waals surface area contributed by atoms with Gasteiger partial charge in [0.2, 0.25) is 5.91 Å². The summed E-state index contributed by atoms with van der Waals surface area (Å²) in [5.74, 6) is 0.422. The minimum Gasteiger partial charge on any atom is -0.457 e. The molecule has 2 rings (SSSR count). The van der Waals surface area contributed by atoms with Gasteiger partial charge in [0.05, 0.1) is 6.04 Å². The van der Waals surface area contributed by atoms with E-state index in [0.717, 1.165) is 11.3 Å². The van der Waals surface area contributed by atoms with Gasteiger partial charge in [0.1, 0.15) is 17.3 Å². The van der Waals surface area contributed by atoms with Gasteiger partial charge in [0.15, 0.2) is 9.84 Å². The lowest BCUT2D eigenvalue weighted by Crippen LogP contribution is -2.32. The Bertz CT molecular complexity index is 770.